The fourth-order valence-corrected chi connectivity index (χ4v) is 3.42. The molecule has 0 N–H and O–H groups in total. The summed E-state index contributed by atoms with van der Waals surface area (Å²) in [5, 5.41) is 0.380. The predicted molar refractivity (Wildman–Crippen MR) is 94.8 cm³/mol. The fourth-order valence-electron chi connectivity index (χ4n) is 2.93. The monoisotopic (exact) mass is 368 g/mol. The van der Waals surface area contributed by atoms with Crippen LogP contribution in [0.15, 0.2) is 29.3 Å². The molecule has 1 aromatic carbocycles. The standard InChI is InChI=1S/C16H18Cl2N4O2/c1-20-15(23)14(19-13(10-17)21-8-4-5-9-21)22(16(20)24)12-7-3-2-6-11(12)18/h2-3,6-7,13H,4-5,8-10H2,1H3. The van der Waals surface area contributed by atoms with Crippen LogP contribution < -0.4 is 4.90 Å². The van der Waals surface area contributed by atoms with Gasteiger partial charge in [0.15, 0.2) is 0 Å². The SMILES string of the molecule is CN1C(=O)C(=NC(CCl)N2CCCC2)N(c2ccccc2Cl)C1=O. The molecule has 0 saturated carbocycles. The lowest BCUT2D eigenvalue weighted by atomic mass is 10.3. The van der Waals surface area contributed by atoms with Gasteiger partial charge in [0.25, 0.3) is 5.91 Å². The second-order valence-corrected chi connectivity index (χ2v) is 6.48. The molecule has 128 valence electrons. The lowest BCUT2D eigenvalue weighted by Gasteiger charge is -2.23. The zero-order valence-electron chi connectivity index (χ0n) is 13.3. The van der Waals surface area contributed by atoms with Crippen LogP contribution in [-0.2, 0) is 4.79 Å². The smallest absolute Gasteiger partial charge is 0.281 e. The maximum Gasteiger partial charge on any atom is 0.337 e. The van der Waals surface area contributed by atoms with Crippen molar-refractivity contribution in [1.29, 1.82) is 0 Å². The first kappa shape index (κ1) is 17.2. The number of carbonyl (C=O) groups excluding carboxylic acids is 2. The number of likely N-dealkylation sites (tertiary alicyclic amines) is 1. The van der Waals surface area contributed by atoms with E-state index in [9.17, 15) is 9.59 Å². The summed E-state index contributed by atoms with van der Waals surface area (Å²) in [5.41, 5.74) is 0.440. The molecule has 6 nitrogen and oxygen atoms in total. The minimum Gasteiger partial charge on any atom is -0.281 e. The van der Waals surface area contributed by atoms with E-state index in [1.165, 1.54) is 11.9 Å². The number of hydrogen-bond donors (Lipinski definition) is 0. The van der Waals surface area contributed by atoms with Gasteiger partial charge < -0.3 is 0 Å². The minimum absolute atomic E-state index is 0.0631. The number of imide groups is 1. The average molecular weight is 369 g/mol. The molecule has 0 bridgehead atoms. The first-order valence-electron chi connectivity index (χ1n) is 7.79. The second kappa shape index (κ2) is 7.09. The van der Waals surface area contributed by atoms with E-state index in [0.29, 0.717) is 10.7 Å². The Kier molecular flexibility index (Phi) is 5.08. The lowest BCUT2D eigenvalue weighted by molar-refractivity contribution is -0.119. The molecule has 0 aliphatic carbocycles. The molecule has 3 rings (SSSR count). The van der Waals surface area contributed by atoms with E-state index in [0.717, 1.165) is 30.8 Å². The van der Waals surface area contributed by atoms with Crippen molar-refractivity contribution in [2.75, 3.05) is 30.9 Å². The molecular formula is C16H18Cl2N4O2. The number of hydrogen-bond acceptors (Lipinski definition) is 4. The Bertz CT molecular complexity index is 688. The fraction of sp³-hybridized carbons (Fsp3) is 0.438. The van der Waals surface area contributed by atoms with E-state index in [4.69, 9.17) is 23.2 Å². The van der Waals surface area contributed by atoms with Gasteiger partial charge in [-0.05, 0) is 25.0 Å². The van der Waals surface area contributed by atoms with Crippen molar-refractivity contribution in [3.05, 3.63) is 29.3 Å². The van der Waals surface area contributed by atoms with Crippen molar-refractivity contribution in [1.82, 2.24) is 9.80 Å². The number of likely N-dealkylation sites (N-methyl/N-ethyl adjacent to an activating group) is 1. The van der Waals surface area contributed by atoms with Crippen LogP contribution in [0.4, 0.5) is 10.5 Å². The van der Waals surface area contributed by atoms with E-state index in [1.54, 1.807) is 24.3 Å². The van der Waals surface area contributed by atoms with Crippen LogP contribution in [-0.4, -0.2) is 59.8 Å². The van der Waals surface area contributed by atoms with Gasteiger partial charge in [0.2, 0.25) is 5.84 Å². The molecule has 24 heavy (non-hydrogen) atoms. The van der Waals surface area contributed by atoms with Crippen molar-refractivity contribution in [2.45, 2.75) is 19.0 Å². The van der Waals surface area contributed by atoms with Crippen LogP contribution in [0.2, 0.25) is 5.02 Å². The number of amides is 3. The van der Waals surface area contributed by atoms with Gasteiger partial charge in [0.05, 0.1) is 16.6 Å². The molecule has 0 aromatic heterocycles. The molecule has 0 radical (unpaired) electrons. The zero-order valence-corrected chi connectivity index (χ0v) is 14.8. The maximum atomic E-state index is 12.5. The highest BCUT2D eigenvalue weighted by molar-refractivity contribution is 6.55. The first-order chi connectivity index (χ1) is 11.5. The number of benzene rings is 1. The van der Waals surface area contributed by atoms with Gasteiger partial charge in [-0.25, -0.2) is 14.7 Å². The highest BCUT2D eigenvalue weighted by Crippen LogP contribution is 2.30. The van der Waals surface area contributed by atoms with Crippen LogP contribution >= 0.6 is 23.2 Å². The van der Waals surface area contributed by atoms with Gasteiger partial charge in [-0.3, -0.25) is 14.6 Å². The number of carbonyl (C=O) groups is 2. The molecule has 1 unspecified atom stereocenters. The normalized spacial score (nSPS) is 22.0. The third kappa shape index (κ3) is 3.01. The van der Waals surface area contributed by atoms with Crippen LogP contribution in [0, 0.1) is 0 Å². The predicted octanol–water partition coefficient (Wildman–Crippen LogP) is 2.80. The third-order valence-electron chi connectivity index (χ3n) is 4.25. The molecule has 3 amide bonds. The van der Waals surface area contributed by atoms with Gasteiger partial charge in [0.1, 0.15) is 6.17 Å². The summed E-state index contributed by atoms with van der Waals surface area (Å²) < 4.78 is 0. The molecule has 1 atom stereocenters. The first-order valence-corrected chi connectivity index (χ1v) is 8.70. The van der Waals surface area contributed by atoms with Crippen LogP contribution in [0.5, 0.6) is 0 Å². The van der Waals surface area contributed by atoms with Gasteiger partial charge in [-0.15, -0.1) is 11.6 Å². The number of halogens is 2. The summed E-state index contributed by atoms with van der Waals surface area (Å²) in [6.45, 7) is 1.77. The number of anilines is 1. The number of urea groups is 1. The summed E-state index contributed by atoms with van der Waals surface area (Å²) in [5.74, 6) is -0.132. The van der Waals surface area contributed by atoms with E-state index in [1.807, 2.05) is 0 Å². The van der Waals surface area contributed by atoms with Crippen molar-refractivity contribution < 1.29 is 9.59 Å². The van der Waals surface area contributed by atoms with Crippen molar-refractivity contribution in [2.24, 2.45) is 4.99 Å². The van der Waals surface area contributed by atoms with E-state index >= 15 is 0 Å². The zero-order chi connectivity index (χ0) is 17.3. The highest BCUT2D eigenvalue weighted by atomic mass is 35.5. The molecular weight excluding hydrogens is 351 g/mol. The molecule has 1 aromatic rings. The molecule has 2 saturated heterocycles. The Morgan fingerprint density at radius 3 is 2.50 bits per heavy atom. The summed E-state index contributed by atoms with van der Waals surface area (Å²) in [6, 6.07) is 6.41. The molecule has 2 heterocycles. The Hall–Kier alpha value is -1.63. The Morgan fingerprint density at radius 2 is 1.88 bits per heavy atom. The number of alkyl halides is 1. The summed E-state index contributed by atoms with van der Waals surface area (Å²) >= 11 is 12.3. The van der Waals surface area contributed by atoms with Gasteiger partial charge in [0, 0.05) is 20.1 Å². The second-order valence-electron chi connectivity index (χ2n) is 5.76. The van der Waals surface area contributed by atoms with Crippen molar-refractivity contribution in [3.63, 3.8) is 0 Å². The van der Waals surface area contributed by atoms with Crippen molar-refractivity contribution >= 4 is 46.7 Å². The van der Waals surface area contributed by atoms with Crippen LogP contribution in [0.3, 0.4) is 0 Å². The Balaban J connectivity index is 2.01. The lowest BCUT2D eigenvalue weighted by Crippen LogP contribution is -2.37. The highest BCUT2D eigenvalue weighted by Gasteiger charge is 2.42. The van der Waals surface area contributed by atoms with Gasteiger partial charge in [-0.1, -0.05) is 23.7 Å². The maximum absolute atomic E-state index is 12.5. The number of nitrogens with zero attached hydrogens (tertiary/aromatic N) is 4. The van der Waals surface area contributed by atoms with Crippen LogP contribution in [0.1, 0.15) is 12.8 Å². The Morgan fingerprint density at radius 1 is 1.21 bits per heavy atom. The number of para-hydroxylation sites is 1. The molecule has 0 spiro atoms. The summed E-state index contributed by atoms with van der Waals surface area (Å²) in [6.07, 6.45) is 1.83. The van der Waals surface area contributed by atoms with Crippen LogP contribution in [0.25, 0.3) is 0 Å². The largest absolute Gasteiger partial charge is 0.337 e. The van der Waals surface area contributed by atoms with Gasteiger partial charge >= 0.3 is 6.03 Å². The quantitative estimate of drug-likeness (QED) is 0.606. The molecule has 2 aliphatic heterocycles. The minimum atomic E-state index is -0.471. The van der Waals surface area contributed by atoms with Crippen molar-refractivity contribution in [3.8, 4) is 0 Å². The van der Waals surface area contributed by atoms with Gasteiger partial charge in [-0.2, -0.15) is 0 Å². The van der Waals surface area contributed by atoms with E-state index in [2.05, 4.69) is 9.89 Å². The molecule has 2 fully saturated rings. The number of amidine groups is 1. The van der Waals surface area contributed by atoms with E-state index in [-0.39, 0.29) is 17.9 Å². The Labute approximate surface area is 150 Å². The van der Waals surface area contributed by atoms with E-state index < -0.39 is 11.9 Å². The summed E-state index contributed by atoms with van der Waals surface area (Å²) in [7, 11) is 1.43. The topological polar surface area (TPSA) is 56.2 Å². The average Bonchev–Trinajstić information content (AvgIpc) is 3.18. The number of aliphatic imine (C=N–C) groups is 1. The third-order valence-corrected chi connectivity index (χ3v) is 4.85. The summed E-state index contributed by atoms with van der Waals surface area (Å²) in [4.78, 5) is 34.0. The number of rotatable bonds is 4. The molecule has 8 heteroatoms. The molecule has 2 aliphatic rings.